The van der Waals surface area contributed by atoms with E-state index < -0.39 is 0 Å². The zero-order valence-corrected chi connectivity index (χ0v) is 10.4. The average molecular weight is 237 g/mol. The Balaban J connectivity index is 2.06. The maximum Gasteiger partial charge on any atom is 0.218 e. The highest BCUT2D eigenvalue weighted by Crippen LogP contribution is 2.39. The van der Waals surface area contributed by atoms with Gasteiger partial charge in [-0.3, -0.25) is 0 Å². The fourth-order valence-electron chi connectivity index (χ4n) is 1.54. The molecule has 94 valence electrons. The number of aromatic nitrogens is 2. The maximum atomic E-state index is 5.54. The van der Waals surface area contributed by atoms with Crippen molar-refractivity contribution >= 4 is 5.82 Å². The average Bonchev–Trinajstić information content (AvgIpc) is 3.13. The molecule has 0 saturated heterocycles. The molecule has 17 heavy (non-hydrogen) atoms. The summed E-state index contributed by atoms with van der Waals surface area (Å²) in [5.41, 5.74) is 0. The molecule has 0 aromatic carbocycles. The zero-order chi connectivity index (χ0) is 12.1. The van der Waals surface area contributed by atoms with Gasteiger partial charge in [-0.2, -0.15) is 4.98 Å². The molecular formula is C12H19N3O2. The molecule has 1 aromatic heterocycles. The van der Waals surface area contributed by atoms with Crippen molar-refractivity contribution in [2.45, 2.75) is 25.7 Å². The maximum absolute atomic E-state index is 5.54. The predicted molar refractivity (Wildman–Crippen MR) is 65.5 cm³/mol. The van der Waals surface area contributed by atoms with Crippen molar-refractivity contribution in [2.24, 2.45) is 0 Å². The van der Waals surface area contributed by atoms with Crippen LogP contribution in [0.3, 0.4) is 0 Å². The summed E-state index contributed by atoms with van der Waals surface area (Å²) in [6.45, 7) is 3.98. The SMILES string of the molecule is CCNc1cc(OCCOC)nc(C2CC2)n1. The molecule has 1 N–H and O–H groups in total. The number of ether oxygens (including phenoxy) is 2. The van der Waals surface area contributed by atoms with E-state index in [2.05, 4.69) is 15.3 Å². The molecule has 0 amide bonds. The van der Waals surface area contributed by atoms with Crippen LogP contribution in [0.1, 0.15) is 31.5 Å². The van der Waals surface area contributed by atoms with Crippen LogP contribution in [-0.2, 0) is 4.74 Å². The summed E-state index contributed by atoms with van der Waals surface area (Å²) in [5, 5.41) is 3.20. The highest BCUT2D eigenvalue weighted by atomic mass is 16.5. The van der Waals surface area contributed by atoms with Crippen LogP contribution in [0.2, 0.25) is 0 Å². The molecule has 5 nitrogen and oxygen atoms in total. The predicted octanol–water partition coefficient (Wildman–Crippen LogP) is 1.81. The Kier molecular flexibility index (Phi) is 4.14. The highest BCUT2D eigenvalue weighted by molar-refractivity contribution is 5.39. The summed E-state index contributed by atoms with van der Waals surface area (Å²) in [5.74, 6) is 2.90. The first-order valence-corrected chi connectivity index (χ1v) is 6.08. The van der Waals surface area contributed by atoms with E-state index in [9.17, 15) is 0 Å². The van der Waals surface area contributed by atoms with E-state index in [-0.39, 0.29) is 0 Å². The van der Waals surface area contributed by atoms with Gasteiger partial charge in [0.05, 0.1) is 6.61 Å². The van der Waals surface area contributed by atoms with Gasteiger partial charge in [-0.05, 0) is 19.8 Å². The minimum absolute atomic E-state index is 0.517. The molecule has 0 atom stereocenters. The number of methoxy groups -OCH3 is 1. The lowest BCUT2D eigenvalue weighted by atomic mass is 10.4. The van der Waals surface area contributed by atoms with Gasteiger partial charge in [0.2, 0.25) is 5.88 Å². The molecule has 1 aliphatic rings. The molecule has 1 aromatic rings. The van der Waals surface area contributed by atoms with Gasteiger partial charge in [-0.15, -0.1) is 0 Å². The van der Waals surface area contributed by atoms with E-state index in [1.165, 1.54) is 12.8 Å². The molecular weight excluding hydrogens is 218 g/mol. The minimum Gasteiger partial charge on any atom is -0.475 e. The second kappa shape index (κ2) is 5.82. The van der Waals surface area contributed by atoms with Gasteiger partial charge < -0.3 is 14.8 Å². The molecule has 1 fully saturated rings. The van der Waals surface area contributed by atoms with Crippen LogP contribution < -0.4 is 10.1 Å². The van der Waals surface area contributed by atoms with Crippen molar-refractivity contribution in [3.63, 3.8) is 0 Å². The number of hydrogen-bond donors (Lipinski definition) is 1. The topological polar surface area (TPSA) is 56.3 Å². The lowest BCUT2D eigenvalue weighted by Gasteiger charge is -2.09. The van der Waals surface area contributed by atoms with Crippen LogP contribution in [0.25, 0.3) is 0 Å². The second-order valence-electron chi connectivity index (χ2n) is 4.10. The van der Waals surface area contributed by atoms with Gasteiger partial charge in [0.15, 0.2) is 0 Å². The first-order valence-electron chi connectivity index (χ1n) is 6.08. The monoisotopic (exact) mass is 237 g/mol. The summed E-state index contributed by atoms with van der Waals surface area (Å²) in [7, 11) is 1.66. The zero-order valence-electron chi connectivity index (χ0n) is 10.4. The van der Waals surface area contributed by atoms with Crippen LogP contribution >= 0.6 is 0 Å². The van der Waals surface area contributed by atoms with Crippen LogP contribution in [0, 0.1) is 0 Å². The minimum atomic E-state index is 0.517. The van der Waals surface area contributed by atoms with Crippen LogP contribution in [0.4, 0.5) is 5.82 Å². The lowest BCUT2D eigenvalue weighted by Crippen LogP contribution is -2.09. The normalized spacial score (nSPS) is 14.7. The Morgan fingerprint density at radius 3 is 2.82 bits per heavy atom. The van der Waals surface area contributed by atoms with Gasteiger partial charge in [0.1, 0.15) is 18.2 Å². The highest BCUT2D eigenvalue weighted by Gasteiger charge is 2.27. The van der Waals surface area contributed by atoms with E-state index >= 15 is 0 Å². The molecule has 0 bridgehead atoms. The number of anilines is 1. The molecule has 5 heteroatoms. The third kappa shape index (κ3) is 3.56. The fourth-order valence-corrected chi connectivity index (χ4v) is 1.54. The van der Waals surface area contributed by atoms with E-state index in [0.717, 1.165) is 18.2 Å². The molecule has 1 aliphatic carbocycles. The summed E-state index contributed by atoms with van der Waals surface area (Å²) < 4.78 is 10.5. The third-order valence-corrected chi connectivity index (χ3v) is 2.56. The molecule has 0 spiro atoms. The Labute approximate surface area is 102 Å². The van der Waals surface area contributed by atoms with Crippen molar-refractivity contribution in [3.8, 4) is 5.88 Å². The molecule has 1 saturated carbocycles. The molecule has 2 rings (SSSR count). The molecule has 1 heterocycles. The van der Waals surface area contributed by atoms with Gasteiger partial charge in [-0.25, -0.2) is 4.98 Å². The van der Waals surface area contributed by atoms with Crippen molar-refractivity contribution in [3.05, 3.63) is 11.9 Å². The Morgan fingerprint density at radius 2 is 2.18 bits per heavy atom. The molecule has 0 radical (unpaired) electrons. The fraction of sp³-hybridized carbons (Fsp3) is 0.667. The van der Waals surface area contributed by atoms with Crippen LogP contribution in [-0.4, -0.2) is 36.8 Å². The molecule has 0 unspecified atom stereocenters. The second-order valence-corrected chi connectivity index (χ2v) is 4.10. The summed E-state index contributed by atoms with van der Waals surface area (Å²) in [6.07, 6.45) is 2.38. The van der Waals surface area contributed by atoms with Crippen LogP contribution in [0.15, 0.2) is 6.07 Å². The van der Waals surface area contributed by atoms with E-state index in [0.29, 0.717) is 25.0 Å². The Bertz CT molecular complexity index is 367. The number of nitrogens with one attached hydrogen (secondary N) is 1. The van der Waals surface area contributed by atoms with E-state index in [1.54, 1.807) is 7.11 Å². The third-order valence-electron chi connectivity index (χ3n) is 2.56. The summed E-state index contributed by atoms with van der Waals surface area (Å²) >= 11 is 0. The smallest absolute Gasteiger partial charge is 0.218 e. The largest absolute Gasteiger partial charge is 0.475 e. The van der Waals surface area contributed by atoms with Gasteiger partial charge in [0, 0.05) is 25.6 Å². The van der Waals surface area contributed by atoms with Crippen molar-refractivity contribution in [1.82, 2.24) is 9.97 Å². The van der Waals surface area contributed by atoms with E-state index in [4.69, 9.17) is 9.47 Å². The van der Waals surface area contributed by atoms with Gasteiger partial charge in [-0.1, -0.05) is 0 Å². The van der Waals surface area contributed by atoms with Crippen molar-refractivity contribution in [2.75, 3.05) is 32.2 Å². The standard InChI is InChI=1S/C12H19N3O2/c1-3-13-10-8-11(17-7-6-16-2)15-12(14-10)9-4-5-9/h8-9H,3-7H2,1-2H3,(H,13,14,15). The first-order chi connectivity index (χ1) is 8.33. The first kappa shape index (κ1) is 12.1. The number of hydrogen-bond acceptors (Lipinski definition) is 5. The molecule has 0 aliphatic heterocycles. The van der Waals surface area contributed by atoms with Crippen LogP contribution in [0.5, 0.6) is 5.88 Å². The Morgan fingerprint density at radius 1 is 1.35 bits per heavy atom. The van der Waals surface area contributed by atoms with E-state index in [1.807, 2.05) is 13.0 Å². The summed E-state index contributed by atoms with van der Waals surface area (Å²) in [4.78, 5) is 8.90. The number of rotatable bonds is 7. The lowest BCUT2D eigenvalue weighted by molar-refractivity contribution is 0.143. The van der Waals surface area contributed by atoms with Gasteiger partial charge >= 0.3 is 0 Å². The Hall–Kier alpha value is -1.36. The number of nitrogens with zero attached hydrogens (tertiary/aromatic N) is 2. The van der Waals surface area contributed by atoms with Gasteiger partial charge in [0.25, 0.3) is 0 Å². The van der Waals surface area contributed by atoms with Crippen molar-refractivity contribution in [1.29, 1.82) is 0 Å². The quantitative estimate of drug-likeness (QED) is 0.733. The van der Waals surface area contributed by atoms with Crippen molar-refractivity contribution < 1.29 is 9.47 Å². The summed E-state index contributed by atoms with van der Waals surface area (Å²) in [6, 6.07) is 1.84.